The zero-order valence-electron chi connectivity index (χ0n) is 26.2. The normalized spacial score (nSPS) is 13.0. The SMILES string of the molecule is C=CCC(CC)CC(C)NC.CC.CC(C)C1CCC1.CC=O.CPOc1ccccc1.O=C/C=C\NC=O. The van der Waals surface area contributed by atoms with Crippen molar-refractivity contribution in [2.24, 2.45) is 17.8 Å². The summed E-state index contributed by atoms with van der Waals surface area (Å²) in [6.07, 6.45) is 14.4. The molecule has 1 fully saturated rings. The minimum atomic E-state index is 0.486. The van der Waals surface area contributed by atoms with Crippen molar-refractivity contribution in [2.75, 3.05) is 13.7 Å². The van der Waals surface area contributed by atoms with Crippen LogP contribution in [0, 0.1) is 17.8 Å². The maximum Gasteiger partial charge on any atom is 0.211 e. The first-order valence-corrected chi connectivity index (χ1v) is 15.6. The highest BCUT2D eigenvalue weighted by molar-refractivity contribution is 7.31. The fourth-order valence-corrected chi connectivity index (χ4v) is 3.50. The lowest BCUT2D eigenvalue weighted by atomic mass is 9.78. The Hall–Kier alpha value is -2.30. The molecule has 0 aliphatic heterocycles. The molecule has 0 radical (unpaired) electrons. The van der Waals surface area contributed by atoms with Crippen LogP contribution in [-0.2, 0) is 14.4 Å². The molecule has 7 heteroatoms. The average molecular weight is 567 g/mol. The molecule has 1 aliphatic carbocycles. The predicted molar refractivity (Wildman–Crippen MR) is 173 cm³/mol. The molecule has 0 bridgehead atoms. The summed E-state index contributed by atoms with van der Waals surface area (Å²) in [6.45, 7) is 20.3. The molecule has 3 unspecified atom stereocenters. The van der Waals surface area contributed by atoms with Crippen molar-refractivity contribution in [1.82, 2.24) is 10.6 Å². The second kappa shape index (κ2) is 37.9. The van der Waals surface area contributed by atoms with Crippen LogP contribution in [0.15, 0.2) is 55.3 Å². The number of carbonyl (C=O) groups excluding carboxylic acids is 3. The molecule has 0 spiro atoms. The minimum absolute atomic E-state index is 0.486. The van der Waals surface area contributed by atoms with Crippen molar-refractivity contribution in [3.63, 3.8) is 0 Å². The lowest BCUT2D eigenvalue weighted by molar-refractivity contribution is -0.108. The van der Waals surface area contributed by atoms with E-state index in [4.69, 9.17) is 9.32 Å². The highest BCUT2D eigenvalue weighted by atomic mass is 31.1. The molecule has 1 amide bonds. The molecule has 0 aromatic heterocycles. The van der Waals surface area contributed by atoms with E-state index in [2.05, 4.69) is 44.9 Å². The van der Waals surface area contributed by atoms with Gasteiger partial charge >= 0.3 is 0 Å². The molecular formula is C32H59N2O4P. The largest absolute Gasteiger partial charge is 0.477 e. The van der Waals surface area contributed by atoms with Gasteiger partial charge in [-0.3, -0.25) is 9.59 Å². The molecule has 3 atom stereocenters. The molecule has 0 saturated heterocycles. The van der Waals surface area contributed by atoms with Crippen LogP contribution < -0.4 is 15.2 Å². The number of allylic oxidation sites excluding steroid dienone is 2. The zero-order chi connectivity index (χ0) is 30.7. The molecule has 2 rings (SSSR count). The fourth-order valence-electron chi connectivity index (χ4n) is 3.13. The van der Waals surface area contributed by atoms with Gasteiger partial charge < -0.3 is 20.0 Å². The molecular weight excluding hydrogens is 507 g/mol. The van der Waals surface area contributed by atoms with Crippen LogP contribution in [0.4, 0.5) is 0 Å². The van der Waals surface area contributed by atoms with E-state index in [1.165, 1.54) is 51.3 Å². The van der Waals surface area contributed by atoms with Gasteiger partial charge in [-0.15, -0.1) is 6.58 Å². The Balaban J connectivity index is -0.000000201. The third kappa shape index (κ3) is 35.7. The highest BCUT2D eigenvalue weighted by Crippen LogP contribution is 2.32. The van der Waals surface area contributed by atoms with E-state index in [1.807, 2.05) is 64.0 Å². The van der Waals surface area contributed by atoms with Gasteiger partial charge in [-0.1, -0.05) is 84.6 Å². The summed E-state index contributed by atoms with van der Waals surface area (Å²) in [6, 6.07) is 10.5. The number of hydrogen-bond acceptors (Lipinski definition) is 5. The molecule has 1 aromatic carbocycles. The molecule has 226 valence electrons. The summed E-state index contributed by atoms with van der Waals surface area (Å²) in [5.41, 5.74) is 0. The van der Waals surface area contributed by atoms with E-state index in [9.17, 15) is 9.59 Å². The summed E-state index contributed by atoms with van der Waals surface area (Å²) in [5.74, 6) is 3.81. The lowest BCUT2D eigenvalue weighted by Gasteiger charge is -2.28. The molecule has 0 heterocycles. The number of nitrogens with one attached hydrogen (secondary N) is 2. The van der Waals surface area contributed by atoms with Crippen molar-refractivity contribution in [2.45, 2.75) is 93.0 Å². The van der Waals surface area contributed by atoms with Gasteiger partial charge in [0.1, 0.15) is 18.3 Å². The van der Waals surface area contributed by atoms with Crippen molar-refractivity contribution >= 4 is 27.8 Å². The first-order valence-electron chi connectivity index (χ1n) is 14.2. The van der Waals surface area contributed by atoms with Crippen LogP contribution in [-0.4, -0.2) is 38.7 Å². The van der Waals surface area contributed by atoms with E-state index in [-0.39, 0.29) is 0 Å². The second-order valence-corrected chi connectivity index (χ2v) is 9.41. The third-order valence-corrected chi connectivity index (χ3v) is 6.09. The van der Waals surface area contributed by atoms with Crippen LogP contribution in [0.3, 0.4) is 0 Å². The monoisotopic (exact) mass is 566 g/mol. The van der Waals surface area contributed by atoms with Gasteiger partial charge in [-0.2, -0.15) is 0 Å². The Labute approximate surface area is 242 Å². The molecule has 1 aromatic rings. The van der Waals surface area contributed by atoms with Crippen molar-refractivity contribution in [3.8, 4) is 5.75 Å². The molecule has 1 aliphatic rings. The number of aldehydes is 2. The molecule has 39 heavy (non-hydrogen) atoms. The quantitative estimate of drug-likeness (QED) is 0.116. The van der Waals surface area contributed by atoms with Gasteiger partial charge in [0.15, 0.2) is 0 Å². The van der Waals surface area contributed by atoms with Crippen LogP contribution >= 0.6 is 8.81 Å². The first kappa shape index (κ1) is 43.7. The van der Waals surface area contributed by atoms with Gasteiger partial charge in [0.2, 0.25) is 6.41 Å². The summed E-state index contributed by atoms with van der Waals surface area (Å²) >= 11 is 0. The summed E-state index contributed by atoms with van der Waals surface area (Å²) in [4.78, 5) is 27.6. The van der Waals surface area contributed by atoms with E-state index in [0.717, 1.165) is 36.2 Å². The number of benzene rings is 1. The zero-order valence-corrected chi connectivity index (χ0v) is 27.2. The van der Waals surface area contributed by atoms with Crippen molar-refractivity contribution in [3.05, 3.63) is 55.3 Å². The number of carbonyl (C=O) groups is 3. The Morgan fingerprint density at radius 2 is 1.67 bits per heavy atom. The van der Waals surface area contributed by atoms with Crippen LogP contribution in [0.1, 0.15) is 87.0 Å². The Bertz CT molecular complexity index is 665. The summed E-state index contributed by atoms with van der Waals surface area (Å²) < 4.78 is 5.23. The smallest absolute Gasteiger partial charge is 0.211 e. The van der Waals surface area contributed by atoms with Gasteiger partial charge in [-0.05, 0) is 76.4 Å². The average Bonchev–Trinajstić information content (AvgIpc) is 2.91. The number of hydrogen-bond donors (Lipinski definition) is 2. The Morgan fingerprint density at radius 3 is 1.97 bits per heavy atom. The topological polar surface area (TPSA) is 84.5 Å². The maximum atomic E-state index is 9.44. The van der Waals surface area contributed by atoms with E-state index in [0.29, 0.717) is 27.5 Å². The minimum Gasteiger partial charge on any atom is -0.477 e. The fraction of sp³-hybridized carbons (Fsp3) is 0.594. The summed E-state index contributed by atoms with van der Waals surface area (Å²) in [7, 11) is 2.55. The first-order chi connectivity index (χ1) is 18.8. The van der Waals surface area contributed by atoms with Crippen LogP contribution in [0.5, 0.6) is 5.75 Å². The number of rotatable bonds is 12. The molecule has 6 nitrogen and oxygen atoms in total. The second-order valence-electron chi connectivity index (χ2n) is 8.79. The standard InChI is InChI=1S/C10H21N.C7H9OP.C7H14.C4H5NO2.C2H4O.C2H6/c1-5-7-10(6-2)8-9(3)11-4;1-9-8-7-5-3-2-4-6-7;1-6(2)7-4-3-5-7;6-3-1-2-5-4-7;1-2-3;1-2/h5,9-11H,1,6-8H2,2-4H3;2-6,9H,1H3;6-7H,3-5H2,1-2H3;1-4H,(H,5,7);2H,1H3;1-2H3/b;;;2-1-;;. The van der Waals surface area contributed by atoms with Gasteiger partial charge in [0, 0.05) is 12.2 Å². The molecule has 2 N–H and O–H groups in total. The Kier molecular flexibility index (Phi) is 42.5. The summed E-state index contributed by atoms with van der Waals surface area (Å²) in [5, 5.41) is 5.41. The van der Waals surface area contributed by atoms with Gasteiger partial charge in [0.05, 0.1) is 8.81 Å². The third-order valence-electron chi connectivity index (χ3n) is 5.65. The van der Waals surface area contributed by atoms with Crippen molar-refractivity contribution < 1.29 is 18.9 Å². The van der Waals surface area contributed by atoms with Gasteiger partial charge in [-0.25, -0.2) is 0 Å². The van der Waals surface area contributed by atoms with Gasteiger partial charge in [0.25, 0.3) is 0 Å². The highest BCUT2D eigenvalue weighted by Gasteiger charge is 2.19. The Morgan fingerprint density at radius 1 is 1.10 bits per heavy atom. The maximum absolute atomic E-state index is 9.44. The number of para-hydroxylation sites is 1. The van der Waals surface area contributed by atoms with Crippen LogP contribution in [0.25, 0.3) is 0 Å². The van der Waals surface area contributed by atoms with Crippen molar-refractivity contribution in [1.29, 1.82) is 0 Å². The van der Waals surface area contributed by atoms with E-state index in [1.54, 1.807) is 0 Å². The number of amides is 1. The van der Waals surface area contributed by atoms with E-state index < -0.39 is 0 Å². The predicted octanol–water partition coefficient (Wildman–Crippen LogP) is 7.99. The lowest BCUT2D eigenvalue weighted by Crippen LogP contribution is -2.24. The molecule has 1 saturated carbocycles. The van der Waals surface area contributed by atoms with E-state index >= 15 is 0 Å². The van der Waals surface area contributed by atoms with Crippen LogP contribution in [0.2, 0.25) is 0 Å².